The average Bonchev–Trinajstić information content (AvgIpc) is 4.47. The Hall–Kier alpha value is -8.42. The van der Waals surface area contributed by atoms with Crippen LogP contribution in [0.1, 0.15) is 75.4 Å². The van der Waals surface area contributed by atoms with E-state index in [1.54, 1.807) is 22.5 Å². The number of nitrogens with one attached hydrogen (secondary N) is 1. The third-order valence-corrected chi connectivity index (χ3v) is 16.4. The number of aromatic carboxylic acids is 3. The van der Waals surface area contributed by atoms with E-state index < -0.39 is 68.8 Å². The molecule has 4 aromatic heterocycles. The van der Waals surface area contributed by atoms with Crippen molar-refractivity contribution in [2.75, 3.05) is 87.3 Å². The molecule has 6 N–H and O–H groups in total. The summed E-state index contributed by atoms with van der Waals surface area (Å²) < 4.78 is 83.2. The Bertz CT molecular complexity index is 4020. The number of rotatable bonds is 8. The number of anilines is 3. The van der Waals surface area contributed by atoms with Gasteiger partial charge in [0.05, 0.1) is 44.6 Å². The topological polar surface area (TPSA) is 251 Å². The number of piperidine rings is 1. The van der Waals surface area contributed by atoms with E-state index in [-0.39, 0.29) is 92.6 Å². The summed E-state index contributed by atoms with van der Waals surface area (Å²) in [5.41, 5.74) is 4.15. The second kappa shape index (κ2) is 21.2. The monoisotopic (exact) mass is 1140 g/mol. The summed E-state index contributed by atoms with van der Waals surface area (Å²) in [6, 6.07) is 6.84. The number of fused-ring (bicyclic) bond motifs is 3. The Labute approximate surface area is 462 Å². The summed E-state index contributed by atoms with van der Waals surface area (Å²) in [6.45, 7) is 11.8. The second-order valence-corrected chi connectivity index (χ2v) is 21.9. The van der Waals surface area contributed by atoms with Crippen molar-refractivity contribution in [3.05, 3.63) is 137 Å². The van der Waals surface area contributed by atoms with Gasteiger partial charge >= 0.3 is 17.9 Å². The summed E-state index contributed by atoms with van der Waals surface area (Å²) in [5, 5.41) is 31.3. The molecule has 0 bridgehead atoms. The van der Waals surface area contributed by atoms with Crippen LogP contribution in [-0.2, 0) is 0 Å². The molecule has 0 amide bonds. The minimum Gasteiger partial charge on any atom is -0.487 e. The van der Waals surface area contributed by atoms with Gasteiger partial charge in [0.25, 0.3) is 0 Å². The first-order valence-electron chi connectivity index (χ1n) is 26.8. The first-order valence-corrected chi connectivity index (χ1v) is 26.8. The van der Waals surface area contributed by atoms with Crippen LogP contribution in [0, 0.1) is 47.8 Å². The number of nitrogens with two attached hydrogens (primary N) is 1. The Morgan fingerprint density at radius 1 is 0.707 bits per heavy atom. The highest BCUT2D eigenvalue weighted by Gasteiger charge is 2.54. The molecule has 25 heteroatoms. The smallest absolute Gasteiger partial charge is 0.341 e. The van der Waals surface area contributed by atoms with Crippen LogP contribution < -0.4 is 46.8 Å². The Morgan fingerprint density at radius 3 is 1.96 bits per heavy atom. The third kappa shape index (κ3) is 9.82. The highest BCUT2D eigenvalue weighted by molar-refractivity contribution is 5.98. The molecule has 2 aliphatic carbocycles. The molecule has 82 heavy (non-hydrogen) atoms. The number of aromatic nitrogens is 4. The van der Waals surface area contributed by atoms with E-state index in [1.165, 1.54) is 12.4 Å². The number of likely N-dealkylation sites (N-methyl/N-ethyl adjacent to an activating group) is 1. The zero-order chi connectivity index (χ0) is 58.5. The van der Waals surface area contributed by atoms with Crippen LogP contribution >= 0.6 is 0 Å². The van der Waals surface area contributed by atoms with Crippen LogP contribution in [0.4, 0.5) is 39.1 Å². The number of hydrogen-bond donors (Lipinski definition) is 5. The number of benzene rings is 3. The number of carboxylic acids is 3. The number of ether oxygens (including phenoxy) is 1. The molecule has 3 unspecified atom stereocenters. The number of halogens is 5. The van der Waals surface area contributed by atoms with Gasteiger partial charge < -0.3 is 59.8 Å². The van der Waals surface area contributed by atoms with Crippen LogP contribution in [0.5, 0.6) is 5.75 Å². The molecule has 13 rings (SSSR count). The number of piperazine rings is 2. The maximum absolute atomic E-state index is 15.1. The summed E-state index contributed by atoms with van der Waals surface area (Å²) >= 11 is 0. The van der Waals surface area contributed by atoms with E-state index in [9.17, 15) is 61.6 Å². The Morgan fingerprint density at radius 2 is 1.33 bits per heavy atom. The summed E-state index contributed by atoms with van der Waals surface area (Å²) in [7, 11) is 2.02. The van der Waals surface area contributed by atoms with Crippen molar-refractivity contribution in [3.63, 3.8) is 0 Å². The second-order valence-electron chi connectivity index (χ2n) is 21.9. The van der Waals surface area contributed by atoms with Crippen molar-refractivity contribution < 1.29 is 56.4 Å². The Kier molecular flexibility index (Phi) is 14.3. The third-order valence-electron chi connectivity index (χ3n) is 16.4. The molecule has 6 aliphatic rings. The first-order chi connectivity index (χ1) is 39.0. The lowest BCUT2D eigenvalue weighted by Gasteiger charge is -2.37. The lowest BCUT2D eigenvalue weighted by atomic mass is 10.0. The van der Waals surface area contributed by atoms with Crippen molar-refractivity contribution in [1.29, 1.82) is 0 Å². The van der Waals surface area contributed by atoms with Crippen molar-refractivity contribution in [3.8, 4) is 11.4 Å². The summed E-state index contributed by atoms with van der Waals surface area (Å²) in [5.74, 6) is -6.95. The van der Waals surface area contributed by atoms with Gasteiger partial charge in [-0.1, -0.05) is 0 Å². The first kappa shape index (κ1) is 55.5. The number of nitrogens with zero attached hydrogens (tertiary/aromatic N) is 8. The maximum Gasteiger partial charge on any atom is 0.341 e. The minimum atomic E-state index is -1.56. The van der Waals surface area contributed by atoms with Gasteiger partial charge in [0.1, 0.15) is 46.4 Å². The fourth-order valence-corrected chi connectivity index (χ4v) is 11.7. The van der Waals surface area contributed by atoms with E-state index in [0.717, 1.165) is 67.5 Å². The van der Waals surface area contributed by atoms with Crippen molar-refractivity contribution in [1.82, 2.24) is 28.9 Å². The van der Waals surface area contributed by atoms with Gasteiger partial charge in [-0.2, -0.15) is 0 Å². The van der Waals surface area contributed by atoms with Gasteiger partial charge in [0, 0.05) is 107 Å². The molecule has 7 aromatic rings. The molecule has 0 spiro atoms. The van der Waals surface area contributed by atoms with Gasteiger partial charge in [-0.25, -0.2) is 41.3 Å². The van der Waals surface area contributed by atoms with E-state index in [4.69, 9.17) is 10.5 Å². The van der Waals surface area contributed by atoms with Crippen LogP contribution in [-0.4, -0.2) is 141 Å². The molecule has 20 nitrogen and oxygen atoms in total. The highest BCUT2D eigenvalue weighted by Crippen LogP contribution is 2.46. The van der Waals surface area contributed by atoms with Crippen molar-refractivity contribution >= 4 is 67.9 Å². The highest BCUT2D eigenvalue weighted by atomic mass is 19.1. The van der Waals surface area contributed by atoms with Crippen LogP contribution in [0.3, 0.4) is 0 Å². The van der Waals surface area contributed by atoms with E-state index >= 15 is 4.39 Å². The number of carbonyl (C=O) groups is 3. The summed E-state index contributed by atoms with van der Waals surface area (Å²) in [4.78, 5) is 84.3. The van der Waals surface area contributed by atoms with E-state index in [0.29, 0.717) is 73.5 Å². The molecule has 8 heterocycles. The molecule has 5 atom stereocenters. The molecular formula is C57H57F5N10O10. The molecule has 3 aromatic carbocycles. The minimum absolute atomic E-state index is 0.0272. The van der Waals surface area contributed by atoms with Gasteiger partial charge in [-0.05, 0) is 82.8 Å². The molecule has 5 fully saturated rings. The standard InChI is InChI=1S/C20H15F3N4O3.C19H22FN3O3.C18H20FN3O4/c21-8-1-2-15(13(22)3-8)27-7-12(20(29)30)17(28)9-4-14(23)19(25-18(9)27)26-5-10-11(6-26)16(10)24;1-10-8-22(6-5-21-10)15-7-14-16(11(2)17(15)20)18(24)13(19(25)26)9-23(14)12-3-4-12;1-10-9-26-17-14-11(16(23)12(18(24)25)8-22(10)14)7-13(19)15(17)21-5-3-20(2)4-6-21/h1-4,7,10-11,16H,5-6,24H2,(H,29,30);7,9-10,12,21H,3-6,8H2,1-2H3,(H,25,26);7-8,10H,3-6,9H2,1-2H3,(H,24,25)/t10-,11+,16?;;. The molecule has 2 saturated carbocycles. The Balaban J connectivity index is 0.000000130. The predicted octanol–water partition coefficient (Wildman–Crippen LogP) is 5.72. The van der Waals surface area contributed by atoms with Crippen LogP contribution in [0.25, 0.3) is 38.5 Å². The number of hydrogen-bond acceptors (Lipinski definition) is 14. The van der Waals surface area contributed by atoms with Crippen molar-refractivity contribution in [2.24, 2.45) is 17.6 Å². The average molecular weight is 1140 g/mol. The van der Waals surface area contributed by atoms with Crippen molar-refractivity contribution in [2.45, 2.75) is 57.8 Å². The lowest BCUT2D eigenvalue weighted by Crippen LogP contribution is -2.49. The summed E-state index contributed by atoms with van der Waals surface area (Å²) in [6.07, 6.45) is 5.55. The van der Waals surface area contributed by atoms with E-state index in [1.807, 2.05) is 28.3 Å². The normalized spacial score (nSPS) is 21.1. The fraction of sp³-hybridized carbons (Fsp3) is 0.386. The zero-order valence-electron chi connectivity index (χ0n) is 44.9. The SMILES string of the molecule is CC1COc2c(N3CCN(C)CC3)c(F)cc3c(=O)c(C(=O)O)cn1c23.Cc1c(F)c(N2CCNC(C)C2)cc2c1c(=O)c(C(=O)O)cn2C1CC1.NC1[C@H]2CN(c3nc4c(cc3F)c(=O)c(C(=O)O)cn4-c3ccc(F)cc3F)C[C@@H]12. The molecule has 430 valence electrons. The van der Waals surface area contributed by atoms with Gasteiger partial charge in [-0.15, -0.1) is 0 Å². The quantitative estimate of drug-likeness (QED) is 0.114. The molecule has 3 saturated heterocycles. The largest absolute Gasteiger partial charge is 0.487 e. The number of pyridine rings is 4. The predicted molar refractivity (Wildman–Crippen MR) is 294 cm³/mol. The van der Waals surface area contributed by atoms with Crippen LogP contribution in [0.15, 0.2) is 69.4 Å². The number of carboxylic acid groups (broad SMARTS) is 3. The fourth-order valence-electron chi connectivity index (χ4n) is 11.7. The van der Waals surface area contributed by atoms with Crippen LogP contribution in [0.2, 0.25) is 0 Å². The molecular weight excluding hydrogens is 1080 g/mol. The lowest BCUT2D eigenvalue weighted by molar-refractivity contribution is 0.0683. The number of aryl methyl sites for hydroxylation is 1. The molecule has 0 radical (unpaired) electrons. The van der Waals surface area contributed by atoms with Gasteiger partial charge in [0.2, 0.25) is 16.3 Å². The zero-order valence-corrected chi connectivity index (χ0v) is 44.9. The van der Waals surface area contributed by atoms with E-state index in [2.05, 4.69) is 22.1 Å². The van der Waals surface area contributed by atoms with Gasteiger partial charge in [-0.3, -0.25) is 19.0 Å². The van der Waals surface area contributed by atoms with Gasteiger partial charge in [0.15, 0.2) is 28.8 Å². The maximum atomic E-state index is 15.1. The molecule has 4 aliphatic heterocycles.